The zero-order chi connectivity index (χ0) is 12.5. The van der Waals surface area contributed by atoms with E-state index < -0.39 is 0 Å². The van der Waals surface area contributed by atoms with E-state index in [4.69, 9.17) is 0 Å². The number of amides is 1. The smallest absolute Gasteiger partial charge is 0.230 e. The summed E-state index contributed by atoms with van der Waals surface area (Å²) >= 11 is 0. The van der Waals surface area contributed by atoms with Gasteiger partial charge in [0.25, 0.3) is 0 Å². The van der Waals surface area contributed by atoms with Gasteiger partial charge in [0, 0.05) is 18.7 Å². The van der Waals surface area contributed by atoms with E-state index in [1.54, 1.807) is 4.68 Å². The molecule has 2 N–H and O–H groups in total. The number of hydrogen-bond donors (Lipinski definition) is 2. The maximum Gasteiger partial charge on any atom is 0.230 e. The van der Waals surface area contributed by atoms with E-state index in [1.165, 1.54) is 0 Å². The molecule has 1 aromatic rings. The van der Waals surface area contributed by atoms with Crippen molar-refractivity contribution in [1.82, 2.24) is 15.1 Å². The van der Waals surface area contributed by atoms with Crippen LogP contribution in [0.5, 0.6) is 0 Å². The lowest BCUT2D eigenvalue weighted by molar-refractivity contribution is -0.126. The van der Waals surface area contributed by atoms with Gasteiger partial charge in [0.05, 0.1) is 11.4 Å². The van der Waals surface area contributed by atoms with Crippen LogP contribution in [0.4, 0.5) is 5.69 Å². The number of nitrogens with one attached hydrogen (secondary N) is 2. The summed E-state index contributed by atoms with van der Waals surface area (Å²) in [6.45, 7) is 5.77. The van der Waals surface area contributed by atoms with Crippen molar-refractivity contribution in [3.63, 3.8) is 0 Å². The van der Waals surface area contributed by atoms with Gasteiger partial charge >= 0.3 is 0 Å². The molecular formula is C12H20N4O. The lowest BCUT2D eigenvalue weighted by atomic mass is 9.80. The van der Waals surface area contributed by atoms with Gasteiger partial charge in [0.15, 0.2) is 0 Å². The predicted octanol–water partition coefficient (Wildman–Crippen LogP) is 1.06. The number of hydrogen-bond acceptors (Lipinski definition) is 3. The topological polar surface area (TPSA) is 59.0 Å². The second kappa shape index (κ2) is 4.49. The van der Waals surface area contributed by atoms with E-state index in [9.17, 15) is 4.79 Å². The first-order valence-corrected chi connectivity index (χ1v) is 6.04. The molecule has 0 unspecified atom stereocenters. The minimum Gasteiger partial charge on any atom is -0.323 e. The molecule has 0 radical (unpaired) electrons. The van der Waals surface area contributed by atoms with Crippen molar-refractivity contribution in [2.75, 3.05) is 18.4 Å². The highest BCUT2D eigenvalue weighted by molar-refractivity contribution is 5.95. The highest BCUT2D eigenvalue weighted by atomic mass is 16.2. The maximum absolute atomic E-state index is 12.3. The maximum atomic E-state index is 12.3. The molecule has 1 fully saturated rings. The lowest BCUT2D eigenvalue weighted by Gasteiger charge is -2.32. The Morgan fingerprint density at radius 3 is 2.71 bits per heavy atom. The quantitative estimate of drug-likeness (QED) is 0.807. The summed E-state index contributed by atoms with van der Waals surface area (Å²) < 4.78 is 1.72. The predicted molar refractivity (Wildman–Crippen MR) is 66.8 cm³/mol. The fraction of sp³-hybridized carbons (Fsp3) is 0.667. The second-order valence-electron chi connectivity index (χ2n) is 5.07. The van der Waals surface area contributed by atoms with Crippen LogP contribution >= 0.6 is 0 Å². The zero-order valence-electron chi connectivity index (χ0n) is 10.7. The standard InChI is InChI=1S/C12H20N4O/c1-9-10(8-16(3)15-9)14-11(17)12(2)4-6-13-7-5-12/h8,13H,4-7H2,1-3H3,(H,14,17). The van der Waals surface area contributed by atoms with Crippen LogP contribution in [0, 0.1) is 12.3 Å². The van der Waals surface area contributed by atoms with E-state index in [0.717, 1.165) is 37.3 Å². The van der Waals surface area contributed by atoms with E-state index in [1.807, 2.05) is 27.1 Å². The average Bonchev–Trinajstić information content (AvgIpc) is 2.58. The van der Waals surface area contributed by atoms with Crippen molar-refractivity contribution < 1.29 is 4.79 Å². The van der Waals surface area contributed by atoms with Gasteiger partial charge in [0.1, 0.15) is 0 Å². The summed E-state index contributed by atoms with van der Waals surface area (Å²) in [7, 11) is 1.86. The highest BCUT2D eigenvalue weighted by Gasteiger charge is 2.34. The first kappa shape index (κ1) is 12.1. The summed E-state index contributed by atoms with van der Waals surface area (Å²) in [5.41, 5.74) is 1.42. The Balaban J connectivity index is 2.08. The molecule has 2 rings (SSSR count). The molecule has 1 saturated heterocycles. The third-order valence-corrected chi connectivity index (χ3v) is 3.52. The number of piperidine rings is 1. The molecule has 17 heavy (non-hydrogen) atoms. The van der Waals surface area contributed by atoms with Gasteiger partial charge in [-0.25, -0.2) is 0 Å². The highest BCUT2D eigenvalue weighted by Crippen LogP contribution is 2.29. The van der Waals surface area contributed by atoms with Gasteiger partial charge in [-0.2, -0.15) is 5.10 Å². The van der Waals surface area contributed by atoms with Crippen LogP contribution in [0.2, 0.25) is 0 Å². The molecule has 0 spiro atoms. The largest absolute Gasteiger partial charge is 0.323 e. The van der Waals surface area contributed by atoms with Crippen LogP contribution in [0.3, 0.4) is 0 Å². The number of aryl methyl sites for hydroxylation is 2. The first-order chi connectivity index (χ1) is 8.01. The molecule has 1 aliphatic heterocycles. The minimum absolute atomic E-state index is 0.107. The molecule has 1 aliphatic rings. The fourth-order valence-electron chi connectivity index (χ4n) is 2.20. The molecule has 1 aromatic heterocycles. The van der Waals surface area contributed by atoms with Gasteiger partial charge < -0.3 is 10.6 Å². The Morgan fingerprint density at radius 1 is 1.53 bits per heavy atom. The molecule has 5 heteroatoms. The molecule has 2 heterocycles. The first-order valence-electron chi connectivity index (χ1n) is 6.04. The van der Waals surface area contributed by atoms with Crippen molar-refractivity contribution in [3.8, 4) is 0 Å². The third-order valence-electron chi connectivity index (χ3n) is 3.52. The molecule has 94 valence electrons. The minimum atomic E-state index is -0.256. The average molecular weight is 236 g/mol. The SMILES string of the molecule is Cc1nn(C)cc1NC(=O)C1(C)CCNCC1. The van der Waals surface area contributed by atoms with E-state index in [2.05, 4.69) is 15.7 Å². The van der Waals surface area contributed by atoms with Gasteiger partial charge in [-0.15, -0.1) is 0 Å². The van der Waals surface area contributed by atoms with Crippen molar-refractivity contribution in [3.05, 3.63) is 11.9 Å². The number of carbonyl (C=O) groups excluding carboxylic acids is 1. The molecule has 5 nitrogen and oxygen atoms in total. The van der Waals surface area contributed by atoms with Crippen LogP contribution in [-0.2, 0) is 11.8 Å². The monoisotopic (exact) mass is 236 g/mol. The van der Waals surface area contributed by atoms with Gasteiger partial charge in [0.2, 0.25) is 5.91 Å². The van der Waals surface area contributed by atoms with E-state index >= 15 is 0 Å². The fourth-order valence-corrected chi connectivity index (χ4v) is 2.20. The second-order valence-corrected chi connectivity index (χ2v) is 5.07. The Labute approximate surface area is 102 Å². The molecule has 0 atom stereocenters. The molecule has 0 aromatic carbocycles. The molecular weight excluding hydrogens is 216 g/mol. The van der Waals surface area contributed by atoms with Crippen LogP contribution in [0.15, 0.2) is 6.20 Å². The molecule has 0 bridgehead atoms. The van der Waals surface area contributed by atoms with Crippen molar-refractivity contribution >= 4 is 11.6 Å². The molecule has 0 saturated carbocycles. The lowest BCUT2D eigenvalue weighted by Crippen LogP contribution is -2.42. The number of nitrogens with zero attached hydrogens (tertiary/aromatic N) is 2. The van der Waals surface area contributed by atoms with Crippen molar-refractivity contribution in [2.45, 2.75) is 26.7 Å². The summed E-state index contributed by atoms with van der Waals surface area (Å²) in [5.74, 6) is 0.107. The normalized spacial score (nSPS) is 19.0. The number of aromatic nitrogens is 2. The Hall–Kier alpha value is -1.36. The van der Waals surface area contributed by atoms with Crippen LogP contribution in [0.1, 0.15) is 25.5 Å². The van der Waals surface area contributed by atoms with Gasteiger partial charge in [-0.05, 0) is 32.9 Å². The van der Waals surface area contributed by atoms with Gasteiger partial charge in [-0.1, -0.05) is 6.92 Å². The number of carbonyl (C=O) groups is 1. The van der Waals surface area contributed by atoms with E-state index in [0.29, 0.717) is 0 Å². The Bertz CT molecular complexity index is 418. The summed E-state index contributed by atoms with van der Waals surface area (Å²) in [4.78, 5) is 12.3. The zero-order valence-corrected chi connectivity index (χ0v) is 10.7. The van der Waals surface area contributed by atoms with Crippen LogP contribution in [0.25, 0.3) is 0 Å². The summed E-state index contributed by atoms with van der Waals surface area (Å²) in [5, 5.41) is 10.5. The van der Waals surface area contributed by atoms with Crippen molar-refractivity contribution in [2.24, 2.45) is 12.5 Å². The number of rotatable bonds is 2. The summed E-state index contributed by atoms with van der Waals surface area (Å²) in [6.07, 6.45) is 3.62. The third kappa shape index (κ3) is 2.49. The van der Waals surface area contributed by atoms with Crippen molar-refractivity contribution in [1.29, 1.82) is 0 Å². The number of anilines is 1. The molecule has 0 aliphatic carbocycles. The van der Waals surface area contributed by atoms with Gasteiger partial charge in [-0.3, -0.25) is 9.48 Å². The van der Waals surface area contributed by atoms with Crippen LogP contribution < -0.4 is 10.6 Å². The Morgan fingerprint density at radius 2 is 2.18 bits per heavy atom. The van der Waals surface area contributed by atoms with E-state index in [-0.39, 0.29) is 11.3 Å². The summed E-state index contributed by atoms with van der Waals surface area (Å²) in [6, 6.07) is 0. The Kier molecular flexibility index (Phi) is 3.19. The molecule has 1 amide bonds. The van der Waals surface area contributed by atoms with Crippen LogP contribution in [-0.4, -0.2) is 28.8 Å².